The second-order valence-electron chi connectivity index (χ2n) is 10.4. The Balaban J connectivity index is 1.71. The Kier molecular flexibility index (Phi) is 11.1. The van der Waals surface area contributed by atoms with Gasteiger partial charge in [0.2, 0.25) is 6.79 Å². The Morgan fingerprint density at radius 2 is 1.82 bits per heavy atom. The summed E-state index contributed by atoms with van der Waals surface area (Å²) in [6, 6.07) is 16.9. The number of benzene rings is 2. The third-order valence-electron chi connectivity index (χ3n) is 7.14. The largest absolute Gasteiger partial charge is 0.454 e. The summed E-state index contributed by atoms with van der Waals surface area (Å²) in [6.45, 7) is 11.6. The van der Waals surface area contributed by atoms with Gasteiger partial charge in [0.15, 0.2) is 11.5 Å². The molecule has 0 radical (unpaired) electrons. The maximum Gasteiger partial charge on any atom is 0.231 e. The average molecular weight is 538 g/mol. The number of aromatic nitrogens is 2. The molecule has 2 heterocycles. The zero-order chi connectivity index (χ0) is 28.2. The second kappa shape index (κ2) is 15.1. The maximum absolute atomic E-state index is 5.67. The molecule has 0 atom stereocenters. The van der Waals surface area contributed by atoms with E-state index in [4.69, 9.17) is 14.6 Å². The molecule has 0 bridgehead atoms. The van der Waals surface area contributed by atoms with Crippen LogP contribution in [0.15, 0.2) is 72.3 Å². The molecular weight excluding hydrogens is 494 g/mol. The van der Waals surface area contributed by atoms with E-state index in [-0.39, 0.29) is 0 Å². The summed E-state index contributed by atoms with van der Waals surface area (Å²) in [5.41, 5.74) is 7.48. The van der Waals surface area contributed by atoms with Crippen LogP contribution < -0.4 is 9.47 Å². The third-order valence-corrected chi connectivity index (χ3v) is 7.14. The predicted molar refractivity (Wildman–Crippen MR) is 164 cm³/mol. The van der Waals surface area contributed by atoms with Crippen molar-refractivity contribution in [3.8, 4) is 29.0 Å². The second-order valence-corrected chi connectivity index (χ2v) is 10.4. The van der Waals surface area contributed by atoms with Crippen molar-refractivity contribution in [3.63, 3.8) is 0 Å². The highest BCUT2D eigenvalue weighted by Crippen LogP contribution is 2.33. The topological polar surface area (TPSA) is 39.5 Å². The number of nitrogens with zero attached hydrogens (tertiary/aromatic N) is 3. The van der Waals surface area contributed by atoms with Crippen molar-refractivity contribution in [2.45, 2.75) is 79.3 Å². The Morgan fingerprint density at radius 1 is 1.02 bits per heavy atom. The molecule has 5 heteroatoms. The molecule has 1 aliphatic heterocycles. The number of rotatable bonds is 14. The van der Waals surface area contributed by atoms with Crippen molar-refractivity contribution in [2.75, 3.05) is 13.3 Å². The Bertz CT molecular complexity index is 1360. The molecule has 4 rings (SSSR count). The van der Waals surface area contributed by atoms with Crippen molar-refractivity contribution in [2.24, 2.45) is 0 Å². The van der Waals surface area contributed by atoms with Crippen molar-refractivity contribution in [1.82, 2.24) is 14.7 Å². The molecule has 0 aliphatic carbocycles. The van der Waals surface area contributed by atoms with E-state index >= 15 is 0 Å². The van der Waals surface area contributed by atoms with Gasteiger partial charge < -0.3 is 9.47 Å². The summed E-state index contributed by atoms with van der Waals surface area (Å²) in [4.78, 5) is 2.57. The summed E-state index contributed by atoms with van der Waals surface area (Å²) in [7, 11) is 0. The predicted octanol–water partition coefficient (Wildman–Crippen LogP) is 7.81. The van der Waals surface area contributed by atoms with Crippen molar-refractivity contribution in [3.05, 3.63) is 94.8 Å². The number of allylic oxidation sites excluding steroid dienone is 4. The minimum atomic E-state index is 0.300. The highest BCUT2D eigenvalue weighted by atomic mass is 16.7. The Labute approximate surface area is 240 Å². The van der Waals surface area contributed by atoms with Gasteiger partial charge in [-0.25, -0.2) is 4.68 Å². The first-order valence-electron chi connectivity index (χ1n) is 14.6. The van der Waals surface area contributed by atoms with E-state index in [1.807, 2.05) is 25.1 Å². The quantitative estimate of drug-likeness (QED) is 0.155. The maximum atomic E-state index is 5.67. The van der Waals surface area contributed by atoms with Crippen molar-refractivity contribution < 1.29 is 9.47 Å². The van der Waals surface area contributed by atoms with Crippen LogP contribution in [0.2, 0.25) is 0 Å². The van der Waals surface area contributed by atoms with Crippen LogP contribution >= 0.6 is 0 Å². The lowest BCUT2D eigenvalue weighted by atomic mass is 10.0. The molecule has 0 fully saturated rings. The molecule has 1 aromatic heterocycles. The molecule has 0 saturated heterocycles. The molecule has 1 aliphatic rings. The van der Waals surface area contributed by atoms with Crippen LogP contribution in [-0.4, -0.2) is 28.0 Å². The van der Waals surface area contributed by atoms with Gasteiger partial charge in [-0.2, -0.15) is 5.10 Å². The fraction of sp³-hybridized carbons (Fsp3) is 0.400. The summed E-state index contributed by atoms with van der Waals surface area (Å²) < 4.78 is 13.4. The van der Waals surface area contributed by atoms with E-state index in [1.165, 1.54) is 22.4 Å². The van der Waals surface area contributed by atoms with E-state index in [1.54, 1.807) is 0 Å². The zero-order valence-electron chi connectivity index (χ0n) is 24.6. The van der Waals surface area contributed by atoms with Gasteiger partial charge in [-0.15, -0.1) is 5.92 Å². The Morgan fingerprint density at radius 3 is 2.60 bits per heavy atom. The molecule has 5 nitrogen and oxygen atoms in total. The minimum Gasteiger partial charge on any atom is -0.454 e. The van der Waals surface area contributed by atoms with Crippen molar-refractivity contribution >= 4 is 0 Å². The number of ether oxygens (including phenoxy) is 2. The van der Waals surface area contributed by atoms with Crippen LogP contribution in [0, 0.1) is 11.8 Å². The fourth-order valence-electron chi connectivity index (χ4n) is 5.03. The average Bonchev–Trinajstić information content (AvgIpc) is 3.57. The van der Waals surface area contributed by atoms with E-state index in [0.29, 0.717) is 6.79 Å². The highest BCUT2D eigenvalue weighted by Gasteiger charge is 2.22. The molecule has 0 spiro atoms. The third kappa shape index (κ3) is 7.90. The lowest BCUT2D eigenvalue weighted by Crippen LogP contribution is -2.25. The van der Waals surface area contributed by atoms with Gasteiger partial charge in [-0.1, -0.05) is 74.6 Å². The summed E-state index contributed by atoms with van der Waals surface area (Å²) in [5.74, 6) is 7.60. The van der Waals surface area contributed by atoms with Crippen LogP contribution in [0.4, 0.5) is 0 Å². The number of fused-ring (bicyclic) bond motifs is 1. The standard InChI is InChI=1S/C35H43N3O2/c1-5-8-11-13-16-28(4)23-32-31(33(19-9-6-2)38(36-32)30-17-14-12-15-18-30)26-37(22-10-7-3)25-29-20-21-34-35(24-29)40-27-39-34/h11-18,20-21,24H,6-7,9-10,19,22-23,25-27H2,1-4H3/b13-11-,28-16+. The molecule has 0 amide bonds. The van der Waals surface area contributed by atoms with E-state index in [9.17, 15) is 0 Å². The highest BCUT2D eigenvalue weighted by molar-refractivity contribution is 5.44. The molecule has 3 aromatic rings. The van der Waals surface area contributed by atoms with E-state index < -0.39 is 0 Å². The van der Waals surface area contributed by atoms with Crippen LogP contribution in [0.25, 0.3) is 5.69 Å². The molecule has 40 heavy (non-hydrogen) atoms. The van der Waals surface area contributed by atoms with Crippen LogP contribution in [0.1, 0.15) is 75.9 Å². The van der Waals surface area contributed by atoms with Gasteiger partial charge in [0.25, 0.3) is 0 Å². The lowest BCUT2D eigenvalue weighted by molar-refractivity contribution is 0.174. The molecular formula is C35H43N3O2. The summed E-state index contributed by atoms with van der Waals surface area (Å²) in [5, 5.41) is 5.27. The zero-order valence-corrected chi connectivity index (χ0v) is 24.6. The molecule has 0 unspecified atom stereocenters. The number of hydrogen-bond donors (Lipinski definition) is 0. The monoisotopic (exact) mass is 537 g/mol. The first kappa shape index (κ1) is 29.2. The normalized spacial score (nSPS) is 12.8. The van der Waals surface area contributed by atoms with Crippen LogP contribution in [-0.2, 0) is 25.9 Å². The Hall–Kier alpha value is -3.75. The van der Waals surface area contributed by atoms with Gasteiger partial charge in [0.1, 0.15) is 0 Å². The summed E-state index contributed by atoms with van der Waals surface area (Å²) >= 11 is 0. The van der Waals surface area contributed by atoms with Crippen LogP contribution in [0.5, 0.6) is 11.5 Å². The molecule has 0 N–H and O–H groups in total. The van der Waals surface area contributed by atoms with Gasteiger partial charge in [-0.05, 0) is 75.6 Å². The number of para-hydroxylation sites is 1. The van der Waals surface area contributed by atoms with Gasteiger partial charge in [-0.3, -0.25) is 4.90 Å². The smallest absolute Gasteiger partial charge is 0.231 e. The summed E-state index contributed by atoms with van der Waals surface area (Å²) in [6.07, 6.45) is 12.5. The van der Waals surface area contributed by atoms with Gasteiger partial charge in [0, 0.05) is 30.8 Å². The minimum absolute atomic E-state index is 0.300. The first-order valence-corrected chi connectivity index (χ1v) is 14.6. The van der Waals surface area contributed by atoms with E-state index in [2.05, 4.69) is 90.7 Å². The lowest BCUT2D eigenvalue weighted by Gasteiger charge is -2.23. The molecule has 2 aromatic carbocycles. The first-order chi connectivity index (χ1) is 19.6. The SMILES string of the molecule is CC#C/C=C\C=C(/C)Cc1nn(-c2ccccc2)c(CCCC)c1CN(CCCC)Cc1ccc2c(c1)OCO2. The molecule has 0 saturated carbocycles. The van der Waals surface area contributed by atoms with Gasteiger partial charge in [0.05, 0.1) is 11.4 Å². The van der Waals surface area contributed by atoms with E-state index in [0.717, 1.165) is 81.0 Å². The number of hydrogen-bond acceptors (Lipinski definition) is 4. The molecule has 210 valence electrons. The fourth-order valence-corrected chi connectivity index (χ4v) is 5.03. The van der Waals surface area contributed by atoms with Crippen LogP contribution in [0.3, 0.4) is 0 Å². The van der Waals surface area contributed by atoms with Crippen molar-refractivity contribution in [1.29, 1.82) is 0 Å². The number of unbranched alkanes of at least 4 members (excludes halogenated alkanes) is 2. The van der Waals surface area contributed by atoms with Gasteiger partial charge >= 0.3 is 0 Å².